The van der Waals surface area contributed by atoms with Crippen LogP contribution in [0.3, 0.4) is 0 Å². The number of carbonyl (C=O) groups excluding carboxylic acids is 1. The Morgan fingerprint density at radius 2 is 2.04 bits per heavy atom. The third-order valence-electron chi connectivity index (χ3n) is 4.82. The van der Waals surface area contributed by atoms with Crippen molar-refractivity contribution in [3.8, 4) is 0 Å². The molecule has 0 spiro atoms. The molecule has 3 aromatic rings. The fourth-order valence-electron chi connectivity index (χ4n) is 3.59. The quantitative estimate of drug-likeness (QED) is 0.687. The van der Waals surface area contributed by atoms with Gasteiger partial charge in [-0.2, -0.15) is 5.10 Å². The monoisotopic (exact) mass is 338 g/mol. The summed E-state index contributed by atoms with van der Waals surface area (Å²) >= 11 is 0. The summed E-state index contributed by atoms with van der Waals surface area (Å²) < 4.78 is 7.07. The first-order chi connectivity index (χ1) is 12.2. The van der Waals surface area contributed by atoms with Crippen molar-refractivity contribution in [2.45, 2.75) is 26.7 Å². The predicted octanol–water partition coefficient (Wildman–Crippen LogP) is 2.97. The summed E-state index contributed by atoms with van der Waals surface area (Å²) in [4.78, 5) is 19.1. The van der Waals surface area contributed by atoms with Crippen LogP contribution >= 0.6 is 0 Å². The number of esters is 1. The highest BCUT2D eigenvalue weighted by atomic mass is 16.5. The van der Waals surface area contributed by atoms with Gasteiger partial charge >= 0.3 is 5.97 Å². The molecule has 4 rings (SSSR count). The number of ether oxygens (including phenoxy) is 1. The lowest BCUT2D eigenvalue weighted by atomic mass is 9.97. The second-order valence-corrected chi connectivity index (χ2v) is 6.52. The van der Waals surface area contributed by atoms with Crippen molar-refractivity contribution >= 4 is 28.3 Å². The summed E-state index contributed by atoms with van der Waals surface area (Å²) in [6.45, 7) is 5.90. The number of nitrogens with zero attached hydrogens (tertiary/aromatic N) is 4. The molecule has 1 fully saturated rings. The smallest absolute Gasteiger partial charge is 0.309 e. The van der Waals surface area contributed by atoms with Gasteiger partial charge in [0.15, 0.2) is 5.65 Å². The van der Waals surface area contributed by atoms with E-state index >= 15 is 0 Å². The molecule has 6 nitrogen and oxygen atoms in total. The Kier molecular flexibility index (Phi) is 4.03. The molecule has 1 saturated heterocycles. The Hall–Kier alpha value is -2.63. The number of carbonyl (C=O) groups is 1. The molecular weight excluding hydrogens is 316 g/mol. The lowest BCUT2D eigenvalue weighted by molar-refractivity contribution is -0.148. The Labute approximate surface area is 146 Å². The highest BCUT2D eigenvalue weighted by molar-refractivity contribution is 5.91. The minimum atomic E-state index is -0.0677. The molecular formula is C19H22N4O2. The van der Waals surface area contributed by atoms with Gasteiger partial charge in [-0.25, -0.2) is 9.50 Å². The van der Waals surface area contributed by atoms with Crippen LogP contribution in [-0.2, 0) is 9.53 Å². The first-order valence-corrected chi connectivity index (χ1v) is 8.84. The third kappa shape index (κ3) is 2.81. The Morgan fingerprint density at radius 1 is 1.28 bits per heavy atom. The zero-order chi connectivity index (χ0) is 17.4. The third-order valence-corrected chi connectivity index (χ3v) is 4.82. The van der Waals surface area contributed by atoms with Crippen molar-refractivity contribution in [1.82, 2.24) is 14.6 Å². The van der Waals surface area contributed by atoms with E-state index in [1.165, 1.54) is 0 Å². The van der Waals surface area contributed by atoms with Crippen LogP contribution < -0.4 is 4.90 Å². The normalized spacial score (nSPS) is 15.8. The molecule has 0 radical (unpaired) electrons. The lowest BCUT2D eigenvalue weighted by Gasteiger charge is -2.32. The van der Waals surface area contributed by atoms with Crippen molar-refractivity contribution in [2.24, 2.45) is 5.92 Å². The molecule has 130 valence electrons. The number of piperidine rings is 1. The van der Waals surface area contributed by atoms with Gasteiger partial charge in [0.2, 0.25) is 0 Å². The van der Waals surface area contributed by atoms with Crippen LogP contribution in [0, 0.1) is 12.8 Å². The van der Waals surface area contributed by atoms with Gasteiger partial charge in [0.1, 0.15) is 5.82 Å². The van der Waals surface area contributed by atoms with E-state index in [-0.39, 0.29) is 11.9 Å². The molecule has 0 atom stereocenters. The number of anilines is 1. The van der Waals surface area contributed by atoms with Crippen LogP contribution in [-0.4, -0.2) is 40.3 Å². The molecule has 6 heteroatoms. The zero-order valence-corrected chi connectivity index (χ0v) is 14.6. The van der Waals surface area contributed by atoms with Gasteiger partial charge in [-0.3, -0.25) is 4.79 Å². The van der Waals surface area contributed by atoms with Crippen molar-refractivity contribution in [3.63, 3.8) is 0 Å². The summed E-state index contributed by atoms with van der Waals surface area (Å²) in [5, 5.41) is 5.65. The van der Waals surface area contributed by atoms with Gasteiger partial charge in [-0.05, 0) is 38.8 Å². The summed E-state index contributed by atoms with van der Waals surface area (Å²) in [6, 6.07) is 10.2. The maximum atomic E-state index is 12.0. The van der Waals surface area contributed by atoms with E-state index in [0.29, 0.717) is 6.61 Å². The number of hydrogen-bond acceptors (Lipinski definition) is 5. The first kappa shape index (κ1) is 15.9. The number of aromatic nitrogens is 3. The molecule has 2 aromatic heterocycles. The topological polar surface area (TPSA) is 59.7 Å². The fourth-order valence-corrected chi connectivity index (χ4v) is 3.59. The van der Waals surface area contributed by atoms with Crippen molar-refractivity contribution in [3.05, 3.63) is 36.0 Å². The summed E-state index contributed by atoms with van der Waals surface area (Å²) in [5.41, 5.74) is 2.87. The molecule has 1 aliphatic rings. The first-order valence-electron chi connectivity index (χ1n) is 8.84. The fraction of sp³-hybridized carbons (Fsp3) is 0.421. The number of hydrogen-bond donors (Lipinski definition) is 0. The molecule has 0 aliphatic carbocycles. The second-order valence-electron chi connectivity index (χ2n) is 6.52. The van der Waals surface area contributed by atoms with E-state index < -0.39 is 0 Å². The molecule has 1 aliphatic heterocycles. The molecule has 0 amide bonds. The Bertz CT molecular complexity index is 926. The molecule has 25 heavy (non-hydrogen) atoms. The molecule has 1 aromatic carbocycles. The Morgan fingerprint density at radius 3 is 2.80 bits per heavy atom. The minimum Gasteiger partial charge on any atom is -0.466 e. The van der Waals surface area contributed by atoms with E-state index in [2.05, 4.69) is 22.1 Å². The summed E-state index contributed by atoms with van der Waals surface area (Å²) in [5.74, 6) is 0.913. The largest absolute Gasteiger partial charge is 0.466 e. The van der Waals surface area contributed by atoms with Crippen LogP contribution in [0.15, 0.2) is 30.3 Å². The Balaban J connectivity index is 1.68. The van der Waals surface area contributed by atoms with Crippen molar-refractivity contribution in [1.29, 1.82) is 0 Å². The highest BCUT2D eigenvalue weighted by Gasteiger charge is 2.27. The number of aryl methyl sites for hydroxylation is 1. The SMILES string of the molecule is CCOC(=O)C1CCN(c2nc3cc(C)nn3c3ccccc23)CC1. The minimum absolute atomic E-state index is 0.00315. The van der Waals surface area contributed by atoms with Crippen LogP contribution in [0.1, 0.15) is 25.5 Å². The van der Waals surface area contributed by atoms with Gasteiger partial charge in [0.05, 0.1) is 23.7 Å². The maximum absolute atomic E-state index is 12.0. The summed E-state index contributed by atoms with van der Waals surface area (Å²) in [6.07, 6.45) is 1.61. The highest BCUT2D eigenvalue weighted by Crippen LogP contribution is 2.30. The van der Waals surface area contributed by atoms with Gasteiger partial charge in [0, 0.05) is 24.5 Å². The van der Waals surface area contributed by atoms with Gasteiger partial charge in [-0.15, -0.1) is 0 Å². The number of fused-ring (bicyclic) bond motifs is 3. The molecule has 3 heterocycles. The average molecular weight is 338 g/mol. The van der Waals surface area contributed by atoms with Gasteiger partial charge < -0.3 is 9.64 Å². The number of benzene rings is 1. The van der Waals surface area contributed by atoms with E-state index in [1.807, 2.05) is 36.6 Å². The van der Waals surface area contributed by atoms with Crippen LogP contribution in [0.5, 0.6) is 0 Å². The lowest BCUT2D eigenvalue weighted by Crippen LogP contribution is -2.37. The molecule has 0 saturated carbocycles. The average Bonchev–Trinajstić information content (AvgIpc) is 3.02. The van der Waals surface area contributed by atoms with E-state index in [4.69, 9.17) is 9.72 Å². The van der Waals surface area contributed by atoms with Crippen LogP contribution in [0.2, 0.25) is 0 Å². The van der Waals surface area contributed by atoms with Crippen LogP contribution in [0.4, 0.5) is 5.82 Å². The number of rotatable bonds is 3. The molecule has 0 bridgehead atoms. The van der Waals surface area contributed by atoms with E-state index in [1.54, 1.807) is 0 Å². The van der Waals surface area contributed by atoms with Crippen molar-refractivity contribution in [2.75, 3.05) is 24.6 Å². The molecule has 0 unspecified atom stereocenters. The predicted molar refractivity (Wildman–Crippen MR) is 96.8 cm³/mol. The zero-order valence-electron chi connectivity index (χ0n) is 14.6. The summed E-state index contributed by atoms with van der Waals surface area (Å²) in [7, 11) is 0. The maximum Gasteiger partial charge on any atom is 0.309 e. The van der Waals surface area contributed by atoms with Crippen LogP contribution in [0.25, 0.3) is 16.6 Å². The number of para-hydroxylation sites is 1. The second kappa shape index (κ2) is 6.35. The standard InChI is InChI=1S/C19H22N4O2/c1-3-25-19(24)14-8-10-22(11-9-14)18-15-6-4-5-7-16(15)23-17(20-18)12-13(2)21-23/h4-7,12,14H,3,8-11H2,1-2H3. The van der Waals surface area contributed by atoms with E-state index in [0.717, 1.165) is 54.0 Å². The molecule has 0 N–H and O–H groups in total. The van der Waals surface area contributed by atoms with E-state index in [9.17, 15) is 4.79 Å². The van der Waals surface area contributed by atoms with Gasteiger partial charge in [-0.1, -0.05) is 12.1 Å². The van der Waals surface area contributed by atoms with Crippen molar-refractivity contribution < 1.29 is 9.53 Å². The van der Waals surface area contributed by atoms with Gasteiger partial charge in [0.25, 0.3) is 0 Å².